The van der Waals surface area contributed by atoms with Crippen LogP contribution in [0.3, 0.4) is 0 Å². The van der Waals surface area contributed by atoms with Crippen LogP contribution in [-0.2, 0) is 4.79 Å². The highest BCUT2D eigenvalue weighted by atomic mass is 35.5. The van der Waals surface area contributed by atoms with Gasteiger partial charge in [0.15, 0.2) is 0 Å². The number of carbonyl (C=O) groups is 1. The van der Waals surface area contributed by atoms with E-state index >= 15 is 0 Å². The Morgan fingerprint density at radius 1 is 1.53 bits per heavy atom. The minimum atomic E-state index is -0.453. The summed E-state index contributed by atoms with van der Waals surface area (Å²) in [7, 11) is 0. The molecule has 17 heavy (non-hydrogen) atoms. The van der Waals surface area contributed by atoms with Gasteiger partial charge in [0.2, 0.25) is 5.91 Å². The lowest BCUT2D eigenvalue weighted by molar-refractivity contribution is -0.121. The third-order valence-corrected chi connectivity index (χ3v) is 3.28. The van der Waals surface area contributed by atoms with Crippen LogP contribution in [0.4, 0.5) is 10.1 Å². The summed E-state index contributed by atoms with van der Waals surface area (Å²) in [6.45, 7) is 3.60. The van der Waals surface area contributed by atoms with Gasteiger partial charge in [-0.1, -0.05) is 18.5 Å². The number of halogens is 2. The van der Waals surface area contributed by atoms with Crippen LogP contribution in [0.25, 0.3) is 0 Å². The molecule has 2 N–H and O–H groups in total. The number of hydrogen-bond donors (Lipinski definition) is 2. The topological polar surface area (TPSA) is 41.1 Å². The first-order valence-electron chi connectivity index (χ1n) is 5.54. The molecule has 0 radical (unpaired) electrons. The number of nitrogens with one attached hydrogen (secondary N) is 2. The molecule has 1 aliphatic heterocycles. The monoisotopic (exact) mass is 256 g/mol. The van der Waals surface area contributed by atoms with Crippen molar-refractivity contribution in [1.29, 1.82) is 0 Å². The molecule has 92 valence electrons. The molecular weight excluding hydrogens is 243 g/mol. The van der Waals surface area contributed by atoms with Gasteiger partial charge in [-0.15, -0.1) is 0 Å². The Kier molecular flexibility index (Phi) is 3.64. The van der Waals surface area contributed by atoms with Gasteiger partial charge >= 0.3 is 0 Å². The van der Waals surface area contributed by atoms with E-state index in [0.717, 1.165) is 13.1 Å². The second-order valence-electron chi connectivity index (χ2n) is 4.35. The number of carbonyl (C=O) groups excluding carboxylic acids is 1. The summed E-state index contributed by atoms with van der Waals surface area (Å²) >= 11 is 5.71. The smallest absolute Gasteiger partial charge is 0.227 e. The SMILES string of the molecule is CC(C(=O)Nc1cc(F)cc(Cl)c1)C1CNC1. The average Bonchev–Trinajstić information content (AvgIpc) is 2.12. The zero-order chi connectivity index (χ0) is 12.4. The molecule has 5 heteroatoms. The predicted octanol–water partition coefficient (Wildman–Crippen LogP) is 2.27. The summed E-state index contributed by atoms with van der Waals surface area (Å²) in [5, 5.41) is 6.08. The van der Waals surface area contributed by atoms with Crippen LogP contribution in [0.15, 0.2) is 18.2 Å². The Labute approximate surface area is 104 Å². The van der Waals surface area contributed by atoms with Crippen molar-refractivity contribution in [2.24, 2.45) is 11.8 Å². The van der Waals surface area contributed by atoms with E-state index in [-0.39, 0.29) is 16.8 Å². The Hall–Kier alpha value is -1.13. The molecule has 1 heterocycles. The molecule has 0 aromatic heterocycles. The van der Waals surface area contributed by atoms with Crippen LogP contribution in [0, 0.1) is 17.7 Å². The largest absolute Gasteiger partial charge is 0.326 e. The summed E-state index contributed by atoms with van der Waals surface area (Å²) in [6.07, 6.45) is 0. The maximum atomic E-state index is 13.1. The van der Waals surface area contributed by atoms with Crippen LogP contribution in [0.5, 0.6) is 0 Å². The van der Waals surface area contributed by atoms with Crippen molar-refractivity contribution < 1.29 is 9.18 Å². The van der Waals surface area contributed by atoms with E-state index in [2.05, 4.69) is 10.6 Å². The summed E-state index contributed by atoms with van der Waals surface area (Å²) in [5.74, 6) is -0.277. The first-order valence-corrected chi connectivity index (χ1v) is 5.92. The van der Waals surface area contributed by atoms with Crippen molar-refractivity contribution >= 4 is 23.2 Å². The molecule has 1 fully saturated rings. The molecule has 0 bridgehead atoms. The van der Waals surface area contributed by atoms with Gasteiger partial charge in [-0.3, -0.25) is 4.79 Å². The van der Waals surface area contributed by atoms with E-state index in [0.29, 0.717) is 11.6 Å². The van der Waals surface area contributed by atoms with E-state index in [1.807, 2.05) is 6.92 Å². The molecule has 3 nitrogen and oxygen atoms in total. The van der Waals surface area contributed by atoms with E-state index < -0.39 is 5.82 Å². The Morgan fingerprint density at radius 2 is 2.24 bits per heavy atom. The molecule has 0 saturated carbocycles. The van der Waals surface area contributed by atoms with E-state index in [1.54, 1.807) is 0 Å². The van der Waals surface area contributed by atoms with Gasteiger partial charge in [0.05, 0.1) is 0 Å². The molecule has 1 aromatic rings. The van der Waals surface area contributed by atoms with Gasteiger partial charge < -0.3 is 10.6 Å². The van der Waals surface area contributed by atoms with Gasteiger partial charge in [0.1, 0.15) is 5.82 Å². The maximum Gasteiger partial charge on any atom is 0.227 e. The number of amides is 1. The highest BCUT2D eigenvalue weighted by Crippen LogP contribution is 2.21. The lowest BCUT2D eigenvalue weighted by Crippen LogP contribution is -2.48. The van der Waals surface area contributed by atoms with Crippen LogP contribution >= 0.6 is 11.6 Å². The van der Waals surface area contributed by atoms with Crippen LogP contribution in [0.2, 0.25) is 5.02 Å². The van der Waals surface area contributed by atoms with Gasteiger partial charge in [0.25, 0.3) is 0 Å². The first-order chi connectivity index (χ1) is 8.06. The van der Waals surface area contributed by atoms with Gasteiger partial charge in [0, 0.05) is 16.6 Å². The third-order valence-electron chi connectivity index (χ3n) is 3.06. The molecule has 0 spiro atoms. The first kappa shape index (κ1) is 12.3. The van der Waals surface area contributed by atoms with Gasteiger partial charge in [-0.25, -0.2) is 4.39 Å². The van der Waals surface area contributed by atoms with Gasteiger partial charge in [-0.05, 0) is 37.2 Å². The summed E-state index contributed by atoms with van der Waals surface area (Å²) in [4.78, 5) is 11.9. The number of hydrogen-bond acceptors (Lipinski definition) is 2. The highest BCUT2D eigenvalue weighted by Gasteiger charge is 2.28. The van der Waals surface area contributed by atoms with Crippen molar-refractivity contribution in [1.82, 2.24) is 5.32 Å². The second-order valence-corrected chi connectivity index (χ2v) is 4.79. The van der Waals surface area contributed by atoms with Gasteiger partial charge in [-0.2, -0.15) is 0 Å². The fourth-order valence-electron chi connectivity index (χ4n) is 1.76. The predicted molar refractivity (Wildman–Crippen MR) is 65.6 cm³/mol. The number of anilines is 1. The van der Waals surface area contributed by atoms with Crippen LogP contribution in [0.1, 0.15) is 6.92 Å². The van der Waals surface area contributed by atoms with Crippen LogP contribution < -0.4 is 10.6 Å². The molecule has 1 unspecified atom stereocenters. The summed E-state index contributed by atoms with van der Waals surface area (Å²) < 4.78 is 13.1. The lowest BCUT2D eigenvalue weighted by Gasteiger charge is -2.31. The molecule has 1 atom stereocenters. The normalized spacial score (nSPS) is 17.4. The van der Waals surface area contributed by atoms with Crippen molar-refractivity contribution in [3.8, 4) is 0 Å². The number of rotatable bonds is 3. The molecule has 1 aromatic carbocycles. The summed E-state index contributed by atoms with van der Waals surface area (Å²) in [6, 6.07) is 4.00. The average molecular weight is 257 g/mol. The zero-order valence-corrected chi connectivity index (χ0v) is 10.2. The minimum Gasteiger partial charge on any atom is -0.326 e. The molecule has 2 rings (SSSR count). The highest BCUT2D eigenvalue weighted by molar-refractivity contribution is 6.30. The minimum absolute atomic E-state index is 0.0849. The Balaban J connectivity index is 2.01. The zero-order valence-electron chi connectivity index (χ0n) is 9.47. The van der Waals surface area contributed by atoms with Crippen LogP contribution in [-0.4, -0.2) is 19.0 Å². The third kappa shape index (κ3) is 2.96. The molecule has 1 saturated heterocycles. The molecular formula is C12H14ClFN2O. The van der Waals surface area contributed by atoms with Crippen molar-refractivity contribution in [2.45, 2.75) is 6.92 Å². The maximum absolute atomic E-state index is 13.1. The Bertz CT molecular complexity index is 414. The Morgan fingerprint density at radius 3 is 2.76 bits per heavy atom. The quantitative estimate of drug-likeness (QED) is 0.871. The number of benzene rings is 1. The summed E-state index contributed by atoms with van der Waals surface area (Å²) in [5.41, 5.74) is 0.402. The van der Waals surface area contributed by atoms with Crippen molar-refractivity contribution in [3.63, 3.8) is 0 Å². The van der Waals surface area contributed by atoms with Crippen molar-refractivity contribution in [2.75, 3.05) is 18.4 Å². The molecule has 1 aliphatic rings. The van der Waals surface area contributed by atoms with E-state index in [4.69, 9.17) is 11.6 Å². The standard InChI is InChI=1S/C12H14ClFN2O/c1-7(8-5-15-6-8)12(17)16-11-3-9(13)2-10(14)4-11/h2-4,7-8,15H,5-6H2,1H3,(H,16,17). The molecule has 0 aliphatic carbocycles. The molecule has 1 amide bonds. The van der Waals surface area contributed by atoms with E-state index in [1.165, 1.54) is 18.2 Å². The fourth-order valence-corrected chi connectivity index (χ4v) is 1.98. The fraction of sp³-hybridized carbons (Fsp3) is 0.417. The second kappa shape index (κ2) is 5.02. The lowest BCUT2D eigenvalue weighted by atomic mass is 9.88. The van der Waals surface area contributed by atoms with Crippen molar-refractivity contribution in [3.05, 3.63) is 29.0 Å². The van der Waals surface area contributed by atoms with E-state index in [9.17, 15) is 9.18 Å².